The van der Waals surface area contributed by atoms with E-state index in [2.05, 4.69) is 15.9 Å². The highest BCUT2D eigenvalue weighted by molar-refractivity contribution is 9.10. The molecule has 2 aromatic rings. The molecule has 0 amide bonds. The van der Waals surface area contributed by atoms with Crippen LogP contribution in [0, 0.1) is 5.82 Å². The number of hydrogen-bond acceptors (Lipinski definition) is 3. The average molecular weight is 445 g/mol. The van der Waals surface area contributed by atoms with Gasteiger partial charge in [-0.1, -0.05) is 33.6 Å². The second-order valence-corrected chi connectivity index (χ2v) is 8.56. The second kappa shape index (κ2) is 6.90. The number of benzene rings is 2. The van der Waals surface area contributed by atoms with Gasteiger partial charge in [0, 0.05) is 27.7 Å². The maximum Gasteiger partial charge on any atom is 0.264 e. The summed E-state index contributed by atoms with van der Waals surface area (Å²) in [5, 5.41) is 0.400. The molecule has 0 fully saturated rings. The zero-order chi connectivity index (χ0) is 18.2. The summed E-state index contributed by atoms with van der Waals surface area (Å²) in [7, 11) is -3.98. The number of hydrogen-bond donors (Lipinski definition) is 0. The largest absolute Gasteiger partial charge is 0.295 e. The van der Waals surface area contributed by atoms with Gasteiger partial charge in [0.05, 0.1) is 10.9 Å². The van der Waals surface area contributed by atoms with E-state index in [1.165, 1.54) is 48.7 Å². The summed E-state index contributed by atoms with van der Waals surface area (Å²) in [5.41, 5.74) is 0.123. The minimum atomic E-state index is -3.98. The molecule has 0 bridgehead atoms. The molecule has 0 radical (unpaired) electrons. The zero-order valence-corrected chi connectivity index (χ0v) is 15.9. The molecule has 1 aliphatic rings. The van der Waals surface area contributed by atoms with Gasteiger partial charge in [0.15, 0.2) is 5.78 Å². The van der Waals surface area contributed by atoms with Crippen molar-refractivity contribution in [3.05, 3.63) is 75.6 Å². The van der Waals surface area contributed by atoms with Crippen LogP contribution in [0.2, 0.25) is 5.02 Å². The molecule has 0 saturated heterocycles. The first-order valence-corrected chi connectivity index (χ1v) is 9.86. The van der Waals surface area contributed by atoms with Crippen LogP contribution in [0.15, 0.2) is 64.1 Å². The van der Waals surface area contributed by atoms with E-state index in [-0.39, 0.29) is 22.7 Å². The maximum absolute atomic E-state index is 14.4. The highest BCUT2D eigenvalue weighted by Gasteiger charge is 2.36. The third-order valence-electron chi connectivity index (χ3n) is 3.83. The number of carbonyl (C=O) groups excluding carboxylic acids is 1. The van der Waals surface area contributed by atoms with Crippen LogP contribution in [0.3, 0.4) is 0 Å². The maximum atomic E-state index is 14.4. The second-order valence-electron chi connectivity index (χ2n) is 5.43. The Kier molecular flexibility index (Phi) is 4.99. The molecule has 0 aromatic heterocycles. The smallest absolute Gasteiger partial charge is 0.264 e. The van der Waals surface area contributed by atoms with Crippen LogP contribution >= 0.6 is 27.5 Å². The Morgan fingerprint density at radius 3 is 2.48 bits per heavy atom. The average Bonchev–Trinajstić information content (AvgIpc) is 2.55. The van der Waals surface area contributed by atoms with Crippen LogP contribution in [0.25, 0.3) is 0 Å². The number of ketones is 1. The molecule has 3 rings (SSSR count). The van der Waals surface area contributed by atoms with Gasteiger partial charge in [-0.15, -0.1) is 0 Å². The van der Waals surface area contributed by atoms with Gasteiger partial charge in [0.25, 0.3) is 10.0 Å². The van der Waals surface area contributed by atoms with E-state index in [0.717, 1.165) is 4.31 Å². The molecule has 4 nitrogen and oxygen atoms in total. The molecular formula is C17H12BrClFNO3S. The first-order chi connectivity index (χ1) is 11.8. The quantitative estimate of drug-likeness (QED) is 0.702. The van der Waals surface area contributed by atoms with Gasteiger partial charge in [-0.2, -0.15) is 0 Å². The Bertz CT molecular complexity index is 940. The van der Waals surface area contributed by atoms with E-state index in [9.17, 15) is 17.6 Å². The van der Waals surface area contributed by atoms with Crippen molar-refractivity contribution >= 4 is 43.3 Å². The van der Waals surface area contributed by atoms with Gasteiger partial charge in [-0.25, -0.2) is 12.8 Å². The van der Waals surface area contributed by atoms with E-state index >= 15 is 0 Å². The summed E-state index contributed by atoms with van der Waals surface area (Å²) >= 11 is 9.06. The van der Waals surface area contributed by atoms with Crippen molar-refractivity contribution in [2.75, 3.05) is 0 Å². The van der Waals surface area contributed by atoms with Gasteiger partial charge in [0.2, 0.25) is 0 Å². The lowest BCUT2D eigenvalue weighted by atomic mass is 9.99. The molecule has 2 aromatic carbocycles. The van der Waals surface area contributed by atoms with Gasteiger partial charge in [0.1, 0.15) is 5.82 Å². The fourth-order valence-electron chi connectivity index (χ4n) is 2.64. The van der Waals surface area contributed by atoms with E-state index in [0.29, 0.717) is 9.50 Å². The molecular weight excluding hydrogens is 433 g/mol. The van der Waals surface area contributed by atoms with Crippen molar-refractivity contribution in [3.8, 4) is 0 Å². The molecule has 0 spiro atoms. The molecule has 0 N–H and O–H groups in total. The van der Waals surface area contributed by atoms with Crippen molar-refractivity contribution in [2.45, 2.75) is 17.4 Å². The van der Waals surface area contributed by atoms with Crippen molar-refractivity contribution in [1.82, 2.24) is 4.31 Å². The number of nitrogens with zero attached hydrogens (tertiary/aromatic N) is 1. The minimum Gasteiger partial charge on any atom is -0.295 e. The Hall–Kier alpha value is -1.70. The predicted molar refractivity (Wildman–Crippen MR) is 96.1 cm³/mol. The molecule has 130 valence electrons. The minimum absolute atomic E-state index is 0.00774. The summed E-state index contributed by atoms with van der Waals surface area (Å²) in [6.45, 7) is 0. The molecule has 25 heavy (non-hydrogen) atoms. The summed E-state index contributed by atoms with van der Waals surface area (Å²) < 4.78 is 41.8. The van der Waals surface area contributed by atoms with Gasteiger partial charge < -0.3 is 0 Å². The third-order valence-corrected chi connectivity index (χ3v) is 6.57. The zero-order valence-electron chi connectivity index (χ0n) is 12.7. The molecule has 1 heterocycles. The first-order valence-electron chi connectivity index (χ1n) is 7.25. The first kappa shape index (κ1) is 18.1. The lowest BCUT2D eigenvalue weighted by Crippen LogP contribution is -2.35. The molecule has 1 unspecified atom stereocenters. The van der Waals surface area contributed by atoms with Crippen molar-refractivity contribution < 1.29 is 17.6 Å². The van der Waals surface area contributed by atoms with Crippen LogP contribution in [-0.4, -0.2) is 18.5 Å². The normalized spacial score (nSPS) is 17.8. The van der Waals surface area contributed by atoms with Gasteiger partial charge in [-0.3, -0.25) is 9.10 Å². The lowest BCUT2D eigenvalue weighted by Gasteiger charge is -2.32. The molecule has 0 aliphatic carbocycles. The molecule has 0 saturated carbocycles. The number of halogens is 3. The topological polar surface area (TPSA) is 54.5 Å². The predicted octanol–water partition coefficient (Wildman–Crippen LogP) is 4.46. The van der Waals surface area contributed by atoms with E-state index < -0.39 is 21.9 Å². The Morgan fingerprint density at radius 1 is 1.16 bits per heavy atom. The SMILES string of the molecule is O=C1C=CN(S(=O)(=O)c2ccc(Cl)cc2)C(c2c(F)cccc2Br)C1. The summed E-state index contributed by atoms with van der Waals surface area (Å²) in [5.74, 6) is -0.860. The van der Waals surface area contributed by atoms with E-state index in [4.69, 9.17) is 11.6 Å². The number of allylic oxidation sites excluding steroid dienone is 1. The summed E-state index contributed by atoms with van der Waals surface area (Å²) in [4.78, 5) is 11.9. The monoisotopic (exact) mass is 443 g/mol. The fourth-order valence-corrected chi connectivity index (χ4v) is 4.84. The van der Waals surface area contributed by atoms with Gasteiger partial charge >= 0.3 is 0 Å². The fraction of sp³-hybridized carbons (Fsp3) is 0.118. The van der Waals surface area contributed by atoms with Crippen LogP contribution in [-0.2, 0) is 14.8 Å². The Balaban J connectivity index is 2.13. The van der Waals surface area contributed by atoms with Crippen LogP contribution in [0.4, 0.5) is 4.39 Å². The van der Waals surface area contributed by atoms with Crippen LogP contribution in [0.1, 0.15) is 18.0 Å². The van der Waals surface area contributed by atoms with Crippen molar-refractivity contribution in [3.63, 3.8) is 0 Å². The summed E-state index contributed by atoms with van der Waals surface area (Å²) in [6, 6.07) is 9.02. The number of rotatable bonds is 3. The van der Waals surface area contributed by atoms with Crippen molar-refractivity contribution in [2.24, 2.45) is 0 Å². The van der Waals surface area contributed by atoms with Crippen molar-refractivity contribution in [1.29, 1.82) is 0 Å². The Morgan fingerprint density at radius 2 is 1.84 bits per heavy atom. The van der Waals surface area contributed by atoms with E-state index in [1.807, 2.05) is 0 Å². The Labute approximate surface area is 158 Å². The standard InChI is InChI=1S/C17H12BrClFNO3S/c18-14-2-1-3-15(20)17(14)16-10-12(22)8-9-21(16)25(23,24)13-6-4-11(19)5-7-13/h1-9,16H,10H2. The number of carbonyl (C=O) groups is 1. The highest BCUT2D eigenvalue weighted by atomic mass is 79.9. The lowest BCUT2D eigenvalue weighted by molar-refractivity contribution is -0.115. The molecule has 1 aliphatic heterocycles. The third kappa shape index (κ3) is 3.49. The number of sulfonamides is 1. The van der Waals surface area contributed by atoms with Crippen LogP contribution in [0.5, 0.6) is 0 Å². The molecule has 1 atom stereocenters. The summed E-state index contributed by atoms with van der Waals surface area (Å²) in [6.07, 6.45) is 2.21. The van der Waals surface area contributed by atoms with Crippen LogP contribution < -0.4 is 0 Å². The highest BCUT2D eigenvalue weighted by Crippen LogP contribution is 2.38. The van der Waals surface area contributed by atoms with Gasteiger partial charge in [-0.05, 0) is 42.5 Å². The van der Waals surface area contributed by atoms with E-state index in [1.54, 1.807) is 6.07 Å². The molecule has 8 heteroatoms.